The number of fused-ring (bicyclic) bond motifs is 1. The van der Waals surface area contributed by atoms with Gasteiger partial charge in [0.05, 0.1) is 26.2 Å². The van der Waals surface area contributed by atoms with E-state index in [0.717, 1.165) is 10.9 Å². The molecular formula is C21H23NO5S. The van der Waals surface area contributed by atoms with Gasteiger partial charge in [0.25, 0.3) is 0 Å². The average molecular weight is 401 g/mol. The SMILES string of the molecule is COc1ccc(CCNS(=O)(=O)c2ccc(OC)c3ccccc23)cc1OC. The first-order chi connectivity index (χ1) is 13.5. The number of rotatable bonds is 8. The highest BCUT2D eigenvalue weighted by Gasteiger charge is 2.18. The van der Waals surface area contributed by atoms with E-state index >= 15 is 0 Å². The van der Waals surface area contributed by atoms with E-state index in [1.165, 1.54) is 0 Å². The van der Waals surface area contributed by atoms with Gasteiger partial charge in [0.1, 0.15) is 5.75 Å². The van der Waals surface area contributed by atoms with Crippen molar-refractivity contribution in [2.75, 3.05) is 27.9 Å². The molecule has 148 valence electrons. The van der Waals surface area contributed by atoms with Crippen molar-refractivity contribution in [3.63, 3.8) is 0 Å². The number of ether oxygens (including phenoxy) is 3. The maximum Gasteiger partial charge on any atom is 0.241 e. The summed E-state index contributed by atoms with van der Waals surface area (Å²) in [6.45, 7) is 0.262. The highest BCUT2D eigenvalue weighted by Crippen LogP contribution is 2.31. The van der Waals surface area contributed by atoms with Crippen molar-refractivity contribution in [3.05, 3.63) is 60.2 Å². The van der Waals surface area contributed by atoms with E-state index in [9.17, 15) is 8.42 Å². The molecule has 3 rings (SSSR count). The van der Waals surface area contributed by atoms with Crippen LogP contribution in [0.15, 0.2) is 59.5 Å². The molecule has 0 aliphatic carbocycles. The Morgan fingerprint density at radius 3 is 2.11 bits per heavy atom. The monoisotopic (exact) mass is 401 g/mol. The Morgan fingerprint density at radius 1 is 0.786 bits per heavy atom. The number of methoxy groups -OCH3 is 3. The standard InChI is InChI=1S/C21H23NO5S/c1-25-18-10-11-21(17-7-5-4-6-16(17)18)28(23,24)22-13-12-15-8-9-19(26-2)20(14-15)27-3/h4-11,14,22H,12-13H2,1-3H3. The summed E-state index contributed by atoms with van der Waals surface area (Å²) in [6.07, 6.45) is 0.521. The highest BCUT2D eigenvalue weighted by molar-refractivity contribution is 7.89. The first-order valence-corrected chi connectivity index (χ1v) is 10.2. The molecule has 7 heteroatoms. The molecule has 0 bridgehead atoms. The van der Waals surface area contributed by atoms with Gasteiger partial charge < -0.3 is 14.2 Å². The zero-order valence-corrected chi connectivity index (χ0v) is 16.9. The van der Waals surface area contributed by atoms with Crippen LogP contribution in [-0.4, -0.2) is 36.3 Å². The van der Waals surface area contributed by atoms with Crippen LogP contribution in [0.3, 0.4) is 0 Å². The second-order valence-electron chi connectivity index (χ2n) is 6.15. The van der Waals surface area contributed by atoms with Crippen molar-refractivity contribution in [2.24, 2.45) is 0 Å². The van der Waals surface area contributed by atoms with Crippen molar-refractivity contribution in [3.8, 4) is 17.2 Å². The second kappa shape index (κ2) is 8.50. The number of nitrogens with one attached hydrogen (secondary N) is 1. The third-order valence-corrected chi connectivity index (χ3v) is 6.03. The van der Waals surface area contributed by atoms with Crippen LogP contribution >= 0.6 is 0 Å². The van der Waals surface area contributed by atoms with Crippen molar-refractivity contribution in [1.29, 1.82) is 0 Å². The maximum atomic E-state index is 12.9. The van der Waals surface area contributed by atoms with Crippen LogP contribution in [0.25, 0.3) is 10.8 Å². The third-order valence-electron chi connectivity index (χ3n) is 4.51. The predicted molar refractivity (Wildman–Crippen MR) is 109 cm³/mol. The quantitative estimate of drug-likeness (QED) is 0.626. The Kier molecular flexibility index (Phi) is 6.06. The maximum absolute atomic E-state index is 12.9. The average Bonchev–Trinajstić information content (AvgIpc) is 2.72. The summed E-state index contributed by atoms with van der Waals surface area (Å²) >= 11 is 0. The van der Waals surface area contributed by atoms with Crippen molar-refractivity contribution in [2.45, 2.75) is 11.3 Å². The van der Waals surface area contributed by atoms with Crippen LogP contribution < -0.4 is 18.9 Å². The lowest BCUT2D eigenvalue weighted by Crippen LogP contribution is -2.26. The molecule has 0 unspecified atom stereocenters. The Hall–Kier alpha value is -2.77. The fourth-order valence-electron chi connectivity index (χ4n) is 3.10. The summed E-state index contributed by atoms with van der Waals surface area (Å²) in [7, 11) is 1.04. The van der Waals surface area contributed by atoms with Crippen LogP contribution in [0.4, 0.5) is 0 Å². The molecule has 3 aromatic carbocycles. The molecule has 3 aromatic rings. The molecule has 0 amide bonds. The molecule has 6 nitrogen and oxygen atoms in total. The topological polar surface area (TPSA) is 73.9 Å². The molecule has 0 fully saturated rings. The molecular weight excluding hydrogens is 378 g/mol. The minimum Gasteiger partial charge on any atom is -0.496 e. The van der Waals surface area contributed by atoms with Gasteiger partial charge in [-0.3, -0.25) is 0 Å². The third kappa shape index (κ3) is 4.05. The molecule has 0 aliphatic heterocycles. The molecule has 0 heterocycles. The summed E-state index contributed by atoms with van der Waals surface area (Å²) in [5.74, 6) is 1.89. The predicted octanol–water partition coefficient (Wildman–Crippen LogP) is 3.39. The molecule has 0 spiro atoms. The molecule has 0 atom stereocenters. The number of benzene rings is 3. The largest absolute Gasteiger partial charge is 0.496 e. The normalized spacial score (nSPS) is 11.4. The Balaban J connectivity index is 1.79. The summed E-state index contributed by atoms with van der Waals surface area (Å²) in [5.41, 5.74) is 0.944. The lowest BCUT2D eigenvalue weighted by Gasteiger charge is -2.13. The van der Waals surface area contributed by atoms with E-state index in [0.29, 0.717) is 29.1 Å². The van der Waals surface area contributed by atoms with Crippen LogP contribution in [0.1, 0.15) is 5.56 Å². The molecule has 0 saturated heterocycles. The molecule has 0 saturated carbocycles. The zero-order chi connectivity index (χ0) is 20.1. The van der Waals surface area contributed by atoms with E-state index in [-0.39, 0.29) is 11.4 Å². The van der Waals surface area contributed by atoms with Gasteiger partial charge >= 0.3 is 0 Å². The summed E-state index contributed by atoms with van der Waals surface area (Å²) < 4.78 is 44.3. The van der Waals surface area contributed by atoms with E-state index in [1.807, 2.05) is 30.3 Å². The van der Waals surface area contributed by atoms with Gasteiger partial charge in [-0.2, -0.15) is 0 Å². The highest BCUT2D eigenvalue weighted by atomic mass is 32.2. The second-order valence-corrected chi connectivity index (χ2v) is 7.88. The Bertz CT molecular complexity index is 1080. The Labute approximate surface area is 165 Å². The lowest BCUT2D eigenvalue weighted by molar-refractivity contribution is 0.354. The van der Waals surface area contributed by atoms with E-state index in [1.54, 1.807) is 45.6 Å². The van der Waals surface area contributed by atoms with Gasteiger partial charge in [0, 0.05) is 17.3 Å². The van der Waals surface area contributed by atoms with Crippen LogP contribution in [-0.2, 0) is 16.4 Å². The van der Waals surface area contributed by atoms with Gasteiger partial charge in [0.15, 0.2) is 11.5 Å². The van der Waals surface area contributed by atoms with Gasteiger partial charge in [-0.25, -0.2) is 13.1 Å². The van der Waals surface area contributed by atoms with Gasteiger partial charge in [0.2, 0.25) is 10.0 Å². The van der Waals surface area contributed by atoms with Gasteiger partial charge in [-0.05, 0) is 36.2 Å². The van der Waals surface area contributed by atoms with Crippen LogP contribution in [0, 0.1) is 0 Å². The minimum atomic E-state index is -3.67. The van der Waals surface area contributed by atoms with Crippen molar-refractivity contribution in [1.82, 2.24) is 4.72 Å². The van der Waals surface area contributed by atoms with Gasteiger partial charge in [-0.15, -0.1) is 0 Å². The minimum absolute atomic E-state index is 0.233. The smallest absolute Gasteiger partial charge is 0.241 e. The fourth-order valence-corrected chi connectivity index (χ4v) is 4.34. The fraction of sp³-hybridized carbons (Fsp3) is 0.238. The molecule has 0 radical (unpaired) electrons. The lowest BCUT2D eigenvalue weighted by atomic mass is 10.1. The summed E-state index contributed by atoms with van der Waals surface area (Å²) in [5, 5.41) is 1.38. The molecule has 1 N–H and O–H groups in total. The van der Waals surface area contributed by atoms with Crippen molar-refractivity contribution >= 4 is 20.8 Å². The first-order valence-electron chi connectivity index (χ1n) is 8.76. The van der Waals surface area contributed by atoms with Crippen LogP contribution in [0.2, 0.25) is 0 Å². The van der Waals surface area contributed by atoms with E-state index in [2.05, 4.69) is 4.72 Å². The van der Waals surface area contributed by atoms with E-state index < -0.39 is 10.0 Å². The first kappa shape index (κ1) is 20.0. The molecule has 28 heavy (non-hydrogen) atoms. The summed E-state index contributed by atoms with van der Waals surface area (Å²) in [4.78, 5) is 0.233. The number of hydrogen-bond donors (Lipinski definition) is 1. The van der Waals surface area contributed by atoms with Crippen molar-refractivity contribution < 1.29 is 22.6 Å². The Morgan fingerprint density at radius 2 is 1.43 bits per heavy atom. The number of hydrogen-bond acceptors (Lipinski definition) is 5. The van der Waals surface area contributed by atoms with Gasteiger partial charge in [-0.1, -0.05) is 30.3 Å². The molecule has 0 aromatic heterocycles. The molecule has 0 aliphatic rings. The zero-order valence-electron chi connectivity index (χ0n) is 16.1. The number of sulfonamides is 1. The van der Waals surface area contributed by atoms with Crippen LogP contribution in [0.5, 0.6) is 17.2 Å². The van der Waals surface area contributed by atoms with E-state index in [4.69, 9.17) is 14.2 Å². The summed E-state index contributed by atoms with van der Waals surface area (Å²) in [6, 6.07) is 16.1.